The van der Waals surface area contributed by atoms with Gasteiger partial charge in [0.05, 0.1) is 23.0 Å². The largest absolute Gasteiger partial charge is 0.478 e. The highest BCUT2D eigenvalue weighted by Crippen LogP contribution is 2.25. The van der Waals surface area contributed by atoms with E-state index in [-0.39, 0.29) is 16.6 Å². The van der Waals surface area contributed by atoms with E-state index in [4.69, 9.17) is 4.74 Å². The van der Waals surface area contributed by atoms with Crippen molar-refractivity contribution in [2.24, 2.45) is 0 Å². The Balaban J connectivity index is 2.06. The van der Waals surface area contributed by atoms with Crippen molar-refractivity contribution < 1.29 is 13.2 Å². The average Bonchev–Trinajstić information content (AvgIpc) is 2.54. The Morgan fingerprint density at radius 3 is 2.14 bits per heavy atom. The minimum atomic E-state index is -3.75. The number of ether oxygens (including phenoxy) is 1. The van der Waals surface area contributed by atoms with E-state index in [1.54, 1.807) is 36.4 Å². The van der Waals surface area contributed by atoms with Crippen molar-refractivity contribution in [3.8, 4) is 5.88 Å². The topological polar surface area (TPSA) is 81.2 Å². The summed E-state index contributed by atoms with van der Waals surface area (Å²) in [6, 6.07) is 15.2. The van der Waals surface area contributed by atoms with E-state index >= 15 is 0 Å². The second-order valence-corrected chi connectivity index (χ2v) is 6.17. The molecule has 1 aromatic heterocycles. The fourth-order valence-corrected chi connectivity index (χ4v) is 3.00. The molecule has 0 atom stereocenters. The first-order valence-corrected chi connectivity index (χ1v) is 7.97. The molecule has 1 heterocycles. The maximum absolute atomic E-state index is 12.4. The van der Waals surface area contributed by atoms with Crippen LogP contribution in [0.5, 0.6) is 5.88 Å². The van der Waals surface area contributed by atoms with Crippen LogP contribution < -0.4 is 9.46 Å². The maximum Gasteiger partial charge on any atom is 0.263 e. The standard InChI is InChI=1S/C15H13N3O3S/c1-21-15-14(16-12-9-5-6-10-13(12)17-15)18-22(19,20)11-7-3-2-4-8-11/h2-10H,1H3,(H,16,18). The summed E-state index contributed by atoms with van der Waals surface area (Å²) in [6.45, 7) is 0. The third kappa shape index (κ3) is 2.71. The van der Waals surface area contributed by atoms with Crippen LogP contribution in [0.25, 0.3) is 11.0 Å². The molecule has 0 aliphatic carbocycles. The highest BCUT2D eigenvalue weighted by Gasteiger charge is 2.18. The summed E-state index contributed by atoms with van der Waals surface area (Å²) in [4.78, 5) is 8.68. The SMILES string of the molecule is COc1nc2ccccc2nc1NS(=O)(=O)c1ccccc1. The Morgan fingerprint density at radius 1 is 0.909 bits per heavy atom. The normalized spacial score (nSPS) is 11.3. The summed E-state index contributed by atoms with van der Waals surface area (Å²) in [6.07, 6.45) is 0. The van der Waals surface area contributed by atoms with Gasteiger partial charge in [0.15, 0.2) is 0 Å². The van der Waals surface area contributed by atoms with Crippen LogP contribution in [0.2, 0.25) is 0 Å². The zero-order valence-electron chi connectivity index (χ0n) is 11.7. The van der Waals surface area contributed by atoms with Crippen molar-refractivity contribution in [2.75, 3.05) is 11.8 Å². The number of aromatic nitrogens is 2. The van der Waals surface area contributed by atoms with Crippen molar-refractivity contribution in [2.45, 2.75) is 4.90 Å². The molecule has 0 amide bonds. The third-order valence-corrected chi connectivity index (χ3v) is 4.37. The number of benzene rings is 2. The van der Waals surface area contributed by atoms with Gasteiger partial charge in [-0.3, -0.25) is 4.72 Å². The van der Waals surface area contributed by atoms with Crippen LogP contribution in [0.3, 0.4) is 0 Å². The Morgan fingerprint density at radius 2 is 1.50 bits per heavy atom. The zero-order chi connectivity index (χ0) is 15.6. The minimum absolute atomic E-state index is 0.0602. The van der Waals surface area contributed by atoms with Gasteiger partial charge in [0.1, 0.15) is 0 Å². The summed E-state index contributed by atoms with van der Waals surface area (Å²) in [5, 5.41) is 0. The zero-order valence-corrected chi connectivity index (χ0v) is 12.5. The molecule has 0 aliphatic heterocycles. The Labute approximate surface area is 127 Å². The molecular weight excluding hydrogens is 302 g/mol. The molecule has 6 nitrogen and oxygen atoms in total. The van der Waals surface area contributed by atoms with Crippen LogP contribution in [0.4, 0.5) is 5.82 Å². The van der Waals surface area contributed by atoms with Gasteiger partial charge in [-0.1, -0.05) is 30.3 Å². The van der Waals surface area contributed by atoms with Crippen LogP contribution in [-0.4, -0.2) is 25.5 Å². The Kier molecular flexibility index (Phi) is 3.64. The smallest absolute Gasteiger partial charge is 0.263 e. The first-order chi connectivity index (χ1) is 10.6. The number of nitrogens with one attached hydrogen (secondary N) is 1. The second kappa shape index (κ2) is 5.61. The summed E-state index contributed by atoms with van der Waals surface area (Å²) in [5.41, 5.74) is 1.20. The Bertz CT molecular complexity index is 912. The quantitative estimate of drug-likeness (QED) is 0.799. The molecule has 0 aliphatic rings. The van der Waals surface area contributed by atoms with E-state index in [0.717, 1.165) is 0 Å². The Hall–Kier alpha value is -2.67. The summed E-state index contributed by atoms with van der Waals surface area (Å²) in [5.74, 6) is 0.184. The van der Waals surface area contributed by atoms with Gasteiger partial charge in [-0.25, -0.2) is 18.4 Å². The molecule has 0 fully saturated rings. The molecule has 3 rings (SSSR count). The molecule has 0 spiro atoms. The van der Waals surface area contributed by atoms with E-state index in [1.807, 2.05) is 6.07 Å². The van der Waals surface area contributed by atoms with Crippen LogP contribution in [0.15, 0.2) is 59.5 Å². The average molecular weight is 315 g/mol. The molecule has 0 unspecified atom stereocenters. The van der Waals surface area contributed by atoms with Crippen molar-refractivity contribution in [1.82, 2.24) is 9.97 Å². The number of hydrogen-bond acceptors (Lipinski definition) is 5. The highest BCUT2D eigenvalue weighted by molar-refractivity contribution is 7.92. The molecule has 1 N–H and O–H groups in total. The fraction of sp³-hybridized carbons (Fsp3) is 0.0667. The predicted octanol–water partition coefficient (Wildman–Crippen LogP) is 2.44. The number of rotatable bonds is 4. The second-order valence-electron chi connectivity index (χ2n) is 4.49. The van der Waals surface area contributed by atoms with Gasteiger partial charge in [0.2, 0.25) is 5.82 Å². The molecule has 22 heavy (non-hydrogen) atoms. The van der Waals surface area contributed by atoms with Crippen LogP contribution in [0, 0.1) is 0 Å². The van der Waals surface area contributed by atoms with Crippen LogP contribution in [0.1, 0.15) is 0 Å². The molecule has 0 bridgehead atoms. The molecule has 7 heteroatoms. The maximum atomic E-state index is 12.4. The molecule has 0 radical (unpaired) electrons. The summed E-state index contributed by atoms with van der Waals surface area (Å²) < 4.78 is 32.3. The van der Waals surface area contributed by atoms with Gasteiger partial charge >= 0.3 is 0 Å². The molecule has 0 saturated carbocycles. The number of hydrogen-bond donors (Lipinski definition) is 1. The van der Waals surface area contributed by atoms with Gasteiger partial charge in [-0.2, -0.15) is 0 Å². The van der Waals surface area contributed by atoms with E-state index in [0.29, 0.717) is 11.0 Å². The number of methoxy groups -OCH3 is 1. The van der Waals surface area contributed by atoms with E-state index in [2.05, 4.69) is 14.7 Å². The number of anilines is 1. The lowest BCUT2D eigenvalue weighted by atomic mass is 10.3. The van der Waals surface area contributed by atoms with Crippen molar-refractivity contribution in [3.05, 3.63) is 54.6 Å². The predicted molar refractivity (Wildman–Crippen MR) is 83.3 cm³/mol. The molecule has 112 valence electrons. The lowest BCUT2D eigenvalue weighted by Gasteiger charge is -2.11. The lowest BCUT2D eigenvalue weighted by Crippen LogP contribution is -2.15. The first kappa shape index (κ1) is 14.3. The van der Waals surface area contributed by atoms with Crippen LogP contribution in [-0.2, 0) is 10.0 Å². The van der Waals surface area contributed by atoms with Gasteiger partial charge in [-0.05, 0) is 24.3 Å². The molecule has 3 aromatic rings. The van der Waals surface area contributed by atoms with Crippen LogP contribution >= 0.6 is 0 Å². The number of fused-ring (bicyclic) bond motifs is 1. The summed E-state index contributed by atoms with van der Waals surface area (Å²) >= 11 is 0. The van der Waals surface area contributed by atoms with Gasteiger partial charge in [0, 0.05) is 0 Å². The van der Waals surface area contributed by atoms with E-state index in [9.17, 15) is 8.42 Å². The number of sulfonamides is 1. The third-order valence-electron chi connectivity index (χ3n) is 3.02. The van der Waals surface area contributed by atoms with E-state index < -0.39 is 10.0 Å². The van der Waals surface area contributed by atoms with Crippen molar-refractivity contribution in [1.29, 1.82) is 0 Å². The molecule has 2 aromatic carbocycles. The monoisotopic (exact) mass is 315 g/mol. The van der Waals surface area contributed by atoms with Crippen molar-refractivity contribution in [3.63, 3.8) is 0 Å². The number of para-hydroxylation sites is 2. The van der Waals surface area contributed by atoms with Gasteiger partial charge in [0.25, 0.3) is 15.9 Å². The molecular formula is C15H13N3O3S. The fourth-order valence-electron chi connectivity index (χ4n) is 1.98. The summed E-state index contributed by atoms with van der Waals surface area (Å²) in [7, 11) is -2.33. The lowest BCUT2D eigenvalue weighted by molar-refractivity contribution is 0.400. The number of nitrogens with zero attached hydrogens (tertiary/aromatic N) is 2. The van der Waals surface area contributed by atoms with E-state index in [1.165, 1.54) is 19.2 Å². The van der Waals surface area contributed by atoms with Gasteiger partial charge in [-0.15, -0.1) is 0 Å². The van der Waals surface area contributed by atoms with Gasteiger partial charge < -0.3 is 4.74 Å². The first-order valence-electron chi connectivity index (χ1n) is 6.49. The molecule has 0 saturated heterocycles. The minimum Gasteiger partial charge on any atom is -0.478 e. The van der Waals surface area contributed by atoms with Crippen molar-refractivity contribution >= 4 is 26.9 Å². The highest BCUT2D eigenvalue weighted by atomic mass is 32.2.